The minimum Gasteiger partial charge on any atom is -0.481 e. The number of carboxylic acid groups (broad SMARTS) is 1. The molecule has 3 N–H and O–H groups in total. The molecule has 0 aliphatic heterocycles. The quantitative estimate of drug-likeness (QED) is 0.535. The third kappa shape index (κ3) is 5.24. The highest BCUT2D eigenvalue weighted by atomic mass is 16.5. The number of hydrogen-bond donors (Lipinski definition) is 3. The van der Waals surface area contributed by atoms with E-state index in [1.54, 1.807) is 0 Å². The average Bonchev–Trinajstić information content (AvgIpc) is 3.16. The maximum Gasteiger partial charge on any atom is 0.407 e. The van der Waals surface area contributed by atoms with Crippen LogP contribution < -0.4 is 10.6 Å². The lowest BCUT2D eigenvalue weighted by atomic mass is 9.84. The summed E-state index contributed by atoms with van der Waals surface area (Å²) in [5.41, 5.74) is 4.61. The molecule has 34 heavy (non-hydrogen) atoms. The van der Waals surface area contributed by atoms with Crippen molar-refractivity contribution < 1.29 is 24.2 Å². The normalized spacial score (nSPS) is 20.0. The molecule has 3 atom stereocenters. The van der Waals surface area contributed by atoms with E-state index in [1.807, 2.05) is 31.2 Å². The van der Waals surface area contributed by atoms with E-state index in [0.29, 0.717) is 19.3 Å². The van der Waals surface area contributed by atoms with Gasteiger partial charge in [0.1, 0.15) is 6.61 Å². The summed E-state index contributed by atoms with van der Waals surface area (Å²) >= 11 is 0. The second-order valence-corrected chi connectivity index (χ2v) is 9.18. The van der Waals surface area contributed by atoms with Gasteiger partial charge in [0.15, 0.2) is 0 Å². The number of ether oxygens (including phenoxy) is 1. The number of amides is 2. The zero-order chi connectivity index (χ0) is 24.1. The third-order valence-electron chi connectivity index (χ3n) is 7.02. The van der Waals surface area contributed by atoms with Crippen molar-refractivity contribution in [3.63, 3.8) is 0 Å². The van der Waals surface area contributed by atoms with Crippen LogP contribution in [0.1, 0.15) is 62.5 Å². The first-order chi connectivity index (χ1) is 16.5. The minimum atomic E-state index is -0.867. The average molecular weight is 465 g/mol. The fourth-order valence-corrected chi connectivity index (χ4v) is 5.19. The molecule has 2 amide bonds. The monoisotopic (exact) mass is 464 g/mol. The Morgan fingerprint density at radius 2 is 1.62 bits per heavy atom. The summed E-state index contributed by atoms with van der Waals surface area (Å²) in [6.45, 7) is 2.10. The zero-order valence-corrected chi connectivity index (χ0v) is 19.5. The van der Waals surface area contributed by atoms with Crippen LogP contribution in [0, 0.1) is 5.92 Å². The number of carboxylic acids is 1. The first-order valence-corrected chi connectivity index (χ1v) is 12.1. The molecule has 0 bridgehead atoms. The Morgan fingerprint density at radius 1 is 1.00 bits per heavy atom. The molecule has 0 aromatic heterocycles. The van der Waals surface area contributed by atoms with E-state index in [-0.39, 0.29) is 36.9 Å². The summed E-state index contributed by atoms with van der Waals surface area (Å²) < 4.78 is 5.59. The summed E-state index contributed by atoms with van der Waals surface area (Å²) in [4.78, 5) is 36.6. The Hall–Kier alpha value is -3.35. The van der Waals surface area contributed by atoms with Gasteiger partial charge in [-0.05, 0) is 41.5 Å². The van der Waals surface area contributed by atoms with Crippen molar-refractivity contribution in [1.29, 1.82) is 0 Å². The Labute approximate surface area is 199 Å². The lowest BCUT2D eigenvalue weighted by molar-refractivity contribution is -0.144. The molecule has 1 saturated carbocycles. The second-order valence-electron chi connectivity index (χ2n) is 9.18. The number of hydrogen-bond acceptors (Lipinski definition) is 4. The maximum atomic E-state index is 12.6. The highest BCUT2D eigenvalue weighted by Crippen LogP contribution is 2.44. The highest BCUT2D eigenvalue weighted by molar-refractivity contribution is 5.80. The third-order valence-corrected chi connectivity index (χ3v) is 7.02. The van der Waals surface area contributed by atoms with Crippen LogP contribution in [0.5, 0.6) is 0 Å². The maximum absolute atomic E-state index is 12.6. The topological polar surface area (TPSA) is 105 Å². The van der Waals surface area contributed by atoms with Crippen LogP contribution in [0.3, 0.4) is 0 Å². The lowest BCUT2D eigenvalue weighted by Gasteiger charge is -2.29. The SMILES string of the molecule is CCC(CC(=O)NC1CCCCC1C(=O)O)NC(=O)OCC1c2ccccc2-c2ccccc21. The molecule has 0 heterocycles. The van der Waals surface area contributed by atoms with E-state index in [2.05, 4.69) is 34.9 Å². The summed E-state index contributed by atoms with van der Waals surface area (Å²) in [6, 6.07) is 15.6. The Balaban J connectivity index is 1.31. The molecule has 0 radical (unpaired) electrons. The van der Waals surface area contributed by atoms with Crippen molar-refractivity contribution in [2.45, 2.75) is 63.5 Å². The molecule has 3 unspecified atom stereocenters. The standard InChI is InChI=1S/C27H32N2O5/c1-2-17(15-25(30)29-24-14-8-7-13-22(24)26(31)32)28-27(33)34-16-23-20-11-5-3-9-18(20)19-10-4-6-12-21(19)23/h3-6,9-12,17,22-24H,2,7-8,13-16H2,1H3,(H,28,33)(H,29,30)(H,31,32). The van der Waals surface area contributed by atoms with Crippen LogP contribution in [0.4, 0.5) is 4.79 Å². The van der Waals surface area contributed by atoms with E-state index in [9.17, 15) is 19.5 Å². The van der Waals surface area contributed by atoms with Crippen molar-refractivity contribution in [3.05, 3.63) is 59.7 Å². The number of carbonyl (C=O) groups excluding carboxylic acids is 2. The van der Waals surface area contributed by atoms with Crippen LogP contribution in [0.25, 0.3) is 11.1 Å². The predicted molar refractivity (Wildman–Crippen MR) is 128 cm³/mol. The summed E-state index contributed by atoms with van der Waals surface area (Å²) in [5.74, 6) is -1.69. The zero-order valence-electron chi connectivity index (χ0n) is 19.5. The van der Waals surface area contributed by atoms with Gasteiger partial charge >= 0.3 is 12.1 Å². The molecule has 4 rings (SSSR count). The van der Waals surface area contributed by atoms with Crippen molar-refractivity contribution in [3.8, 4) is 11.1 Å². The molecule has 0 saturated heterocycles. The molecular formula is C27H32N2O5. The number of alkyl carbamates (subject to hydrolysis) is 1. The number of fused-ring (bicyclic) bond motifs is 3. The van der Waals surface area contributed by atoms with Gasteiger partial charge < -0.3 is 20.5 Å². The molecule has 2 aliphatic rings. The number of benzene rings is 2. The van der Waals surface area contributed by atoms with Gasteiger partial charge in [0.25, 0.3) is 0 Å². The lowest BCUT2D eigenvalue weighted by Crippen LogP contribution is -2.47. The smallest absolute Gasteiger partial charge is 0.407 e. The van der Waals surface area contributed by atoms with Gasteiger partial charge in [-0.1, -0.05) is 68.3 Å². The van der Waals surface area contributed by atoms with Crippen molar-refractivity contribution in [2.24, 2.45) is 5.92 Å². The molecule has 2 aromatic carbocycles. The summed E-state index contributed by atoms with van der Waals surface area (Å²) in [6.07, 6.45) is 3.11. The number of nitrogens with one attached hydrogen (secondary N) is 2. The van der Waals surface area contributed by atoms with E-state index in [1.165, 1.54) is 0 Å². The summed E-state index contributed by atoms with van der Waals surface area (Å²) in [7, 11) is 0. The fourth-order valence-electron chi connectivity index (χ4n) is 5.19. The van der Waals surface area contributed by atoms with Crippen LogP contribution in [-0.2, 0) is 14.3 Å². The first kappa shape index (κ1) is 23.8. The molecule has 7 heteroatoms. The second kappa shape index (κ2) is 10.7. The van der Waals surface area contributed by atoms with Crippen LogP contribution in [0.15, 0.2) is 48.5 Å². The van der Waals surface area contributed by atoms with E-state index in [0.717, 1.165) is 35.1 Å². The predicted octanol–water partition coefficient (Wildman–Crippen LogP) is 4.45. The van der Waals surface area contributed by atoms with Gasteiger partial charge in [0.2, 0.25) is 5.91 Å². The Kier molecular flexibility index (Phi) is 7.50. The Morgan fingerprint density at radius 3 is 2.24 bits per heavy atom. The van der Waals surface area contributed by atoms with Gasteiger partial charge in [0, 0.05) is 24.4 Å². The van der Waals surface area contributed by atoms with Crippen molar-refractivity contribution in [1.82, 2.24) is 10.6 Å². The van der Waals surface area contributed by atoms with Crippen LogP contribution in [0.2, 0.25) is 0 Å². The van der Waals surface area contributed by atoms with Crippen LogP contribution in [-0.4, -0.2) is 41.8 Å². The first-order valence-electron chi connectivity index (χ1n) is 12.1. The number of carbonyl (C=O) groups is 3. The molecule has 180 valence electrons. The molecular weight excluding hydrogens is 432 g/mol. The van der Waals surface area contributed by atoms with Gasteiger partial charge in [-0.2, -0.15) is 0 Å². The molecule has 2 aromatic rings. The molecule has 0 spiro atoms. The van der Waals surface area contributed by atoms with Gasteiger partial charge in [-0.15, -0.1) is 0 Å². The molecule has 7 nitrogen and oxygen atoms in total. The number of rotatable bonds is 8. The van der Waals surface area contributed by atoms with E-state index < -0.39 is 18.0 Å². The fraction of sp³-hybridized carbons (Fsp3) is 0.444. The molecule has 2 aliphatic carbocycles. The van der Waals surface area contributed by atoms with Crippen LogP contribution >= 0.6 is 0 Å². The van der Waals surface area contributed by atoms with Gasteiger partial charge in [0.05, 0.1) is 5.92 Å². The minimum absolute atomic E-state index is 0.0271. The largest absolute Gasteiger partial charge is 0.481 e. The van der Waals surface area contributed by atoms with Gasteiger partial charge in [-0.3, -0.25) is 9.59 Å². The molecule has 1 fully saturated rings. The number of aliphatic carboxylic acids is 1. The van der Waals surface area contributed by atoms with E-state index >= 15 is 0 Å². The Bertz CT molecular complexity index is 1010. The summed E-state index contributed by atoms with van der Waals surface area (Å²) in [5, 5.41) is 15.1. The van der Waals surface area contributed by atoms with E-state index in [4.69, 9.17) is 4.74 Å². The van der Waals surface area contributed by atoms with Gasteiger partial charge in [-0.25, -0.2) is 4.79 Å². The van der Waals surface area contributed by atoms with Crippen molar-refractivity contribution >= 4 is 18.0 Å². The highest BCUT2D eigenvalue weighted by Gasteiger charge is 2.32. The van der Waals surface area contributed by atoms with Crippen molar-refractivity contribution in [2.75, 3.05) is 6.61 Å².